The third kappa shape index (κ3) is 3.08. The first-order chi connectivity index (χ1) is 12.2. The smallest absolute Gasteiger partial charge is 0.416 e. The number of esters is 1. The van der Waals surface area contributed by atoms with E-state index in [4.69, 9.17) is 4.74 Å². The predicted octanol–water partition coefficient (Wildman–Crippen LogP) is 4.75. The van der Waals surface area contributed by atoms with Gasteiger partial charge in [-0.25, -0.2) is 0 Å². The Morgan fingerprint density at radius 1 is 1.00 bits per heavy atom. The number of alkyl halides is 3. The molecule has 4 nitrogen and oxygen atoms in total. The van der Waals surface area contributed by atoms with Crippen molar-refractivity contribution < 1.29 is 27.5 Å². The van der Waals surface area contributed by atoms with E-state index in [1.165, 1.54) is 26.0 Å². The van der Waals surface area contributed by atoms with E-state index in [-0.39, 0.29) is 17.1 Å². The number of ketones is 1. The molecule has 0 saturated carbocycles. The number of hydrogen-bond acceptors (Lipinski definition) is 3. The van der Waals surface area contributed by atoms with Gasteiger partial charge in [-0.2, -0.15) is 13.2 Å². The van der Waals surface area contributed by atoms with Gasteiger partial charge in [0.25, 0.3) is 0 Å². The summed E-state index contributed by atoms with van der Waals surface area (Å²) in [6.07, 6.45) is -2.80. The standard InChI is InChI=1S/C19H14F3NO3/c1-11(24)16-15-5-3-4-10-23(15)17(18(16)26-12(2)25)13-6-8-14(9-7-13)19(20,21)22/h3-10H,1-2H3. The van der Waals surface area contributed by atoms with Crippen molar-refractivity contribution in [3.63, 3.8) is 0 Å². The molecule has 3 aromatic rings. The molecule has 0 aliphatic heterocycles. The highest BCUT2D eigenvalue weighted by molar-refractivity contribution is 6.07. The lowest BCUT2D eigenvalue weighted by molar-refractivity contribution is -0.137. The SMILES string of the molecule is CC(=O)Oc1c(C(C)=O)c2ccccn2c1-c1ccc(C(F)(F)F)cc1. The number of hydrogen-bond donors (Lipinski definition) is 0. The van der Waals surface area contributed by atoms with Crippen molar-refractivity contribution in [1.82, 2.24) is 4.40 Å². The molecule has 7 heteroatoms. The number of fused-ring (bicyclic) bond motifs is 1. The van der Waals surface area contributed by atoms with Crippen LogP contribution in [-0.2, 0) is 11.0 Å². The summed E-state index contributed by atoms with van der Waals surface area (Å²) in [6, 6.07) is 9.57. The minimum Gasteiger partial charge on any atom is -0.424 e. The fraction of sp³-hybridized carbons (Fsp3) is 0.158. The quantitative estimate of drug-likeness (QED) is 0.499. The van der Waals surface area contributed by atoms with Crippen LogP contribution in [0.4, 0.5) is 13.2 Å². The molecule has 0 saturated heterocycles. The molecule has 0 spiro atoms. The topological polar surface area (TPSA) is 47.8 Å². The zero-order valence-electron chi connectivity index (χ0n) is 13.9. The van der Waals surface area contributed by atoms with E-state index in [0.717, 1.165) is 12.1 Å². The summed E-state index contributed by atoms with van der Waals surface area (Å²) >= 11 is 0. The second kappa shape index (κ2) is 6.33. The van der Waals surface area contributed by atoms with Gasteiger partial charge in [-0.15, -0.1) is 0 Å². The molecular formula is C19H14F3NO3. The average Bonchev–Trinajstić information content (AvgIpc) is 2.87. The molecule has 134 valence electrons. The number of Topliss-reactive ketones (excluding diaryl/α,β-unsaturated/α-hetero) is 1. The highest BCUT2D eigenvalue weighted by atomic mass is 19.4. The van der Waals surface area contributed by atoms with Gasteiger partial charge in [0.2, 0.25) is 0 Å². The van der Waals surface area contributed by atoms with E-state index in [2.05, 4.69) is 0 Å². The minimum absolute atomic E-state index is 0.0379. The molecule has 0 bridgehead atoms. The summed E-state index contributed by atoms with van der Waals surface area (Å²) in [4.78, 5) is 23.7. The van der Waals surface area contributed by atoms with Crippen LogP contribution >= 0.6 is 0 Å². The molecule has 26 heavy (non-hydrogen) atoms. The van der Waals surface area contributed by atoms with Crippen LogP contribution in [0.15, 0.2) is 48.7 Å². The Labute approximate surface area is 146 Å². The first-order valence-corrected chi connectivity index (χ1v) is 7.70. The van der Waals surface area contributed by atoms with E-state index in [0.29, 0.717) is 16.8 Å². The Bertz CT molecular complexity index is 1000. The molecule has 1 aromatic carbocycles. The summed E-state index contributed by atoms with van der Waals surface area (Å²) in [5.41, 5.74) is 0.655. The maximum Gasteiger partial charge on any atom is 0.416 e. The van der Waals surface area contributed by atoms with Gasteiger partial charge < -0.3 is 9.14 Å². The van der Waals surface area contributed by atoms with Crippen LogP contribution in [0, 0.1) is 0 Å². The summed E-state index contributed by atoms with van der Waals surface area (Å²) in [5, 5.41) is 0. The van der Waals surface area contributed by atoms with Crippen molar-refractivity contribution in [2.75, 3.05) is 0 Å². The van der Waals surface area contributed by atoms with Gasteiger partial charge in [0.15, 0.2) is 11.5 Å². The Hall–Kier alpha value is -3.09. The third-order valence-corrected chi connectivity index (χ3v) is 3.88. The van der Waals surface area contributed by atoms with Gasteiger partial charge in [-0.3, -0.25) is 9.59 Å². The predicted molar refractivity (Wildman–Crippen MR) is 89.1 cm³/mol. The molecule has 0 fully saturated rings. The van der Waals surface area contributed by atoms with Crippen LogP contribution in [0.5, 0.6) is 5.75 Å². The molecule has 0 aliphatic carbocycles. The van der Waals surface area contributed by atoms with Crippen molar-refractivity contribution in [2.45, 2.75) is 20.0 Å². The third-order valence-electron chi connectivity index (χ3n) is 3.88. The highest BCUT2D eigenvalue weighted by Crippen LogP contribution is 2.40. The Balaban J connectivity index is 2.31. The van der Waals surface area contributed by atoms with Crippen molar-refractivity contribution in [3.05, 3.63) is 59.8 Å². The van der Waals surface area contributed by atoms with Crippen LogP contribution < -0.4 is 4.74 Å². The Kier molecular flexibility index (Phi) is 4.31. The maximum absolute atomic E-state index is 12.8. The largest absolute Gasteiger partial charge is 0.424 e. The second-order valence-electron chi connectivity index (χ2n) is 5.73. The highest BCUT2D eigenvalue weighted by Gasteiger charge is 2.31. The Morgan fingerprint density at radius 3 is 2.19 bits per heavy atom. The summed E-state index contributed by atoms with van der Waals surface area (Å²) in [6.45, 7) is 2.54. The fourth-order valence-electron chi connectivity index (χ4n) is 2.86. The van der Waals surface area contributed by atoms with Crippen molar-refractivity contribution in [2.24, 2.45) is 0 Å². The molecule has 2 aromatic heterocycles. The molecule has 0 unspecified atom stereocenters. The molecule has 0 N–H and O–H groups in total. The molecular weight excluding hydrogens is 347 g/mol. The molecule has 0 atom stereocenters. The lowest BCUT2D eigenvalue weighted by atomic mass is 10.1. The molecule has 0 radical (unpaired) electrons. The minimum atomic E-state index is -4.46. The van der Waals surface area contributed by atoms with Crippen LogP contribution in [0.2, 0.25) is 0 Å². The molecule has 0 amide bonds. The van der Waals surface area contributed by atoms with Gasteiger partial charge in [0, 0.05) is 18.7 Å². The number of ether oxygens (including phenoxy) is 1. The van der Waals surface area contributed by atoms with Gasteiger partial charge in [0.1, 0.15) is 0 Å². The van der Waals surface area contributed by atoms with Crippen LogP contribution in [0.25, 0.3) is 16.8 Å². The molecule has 0 aliphatic rings. The van der Waals surface area contributed by atoms with Crippen molar-refractivity contribution >= 4 is 17.3 Å². The maximum atomic E-state index is 12.8. The number of benzene rings is 1. The average molecular weight is 361 g/mol. The lowest BCUT2D eigenvalue weighted by Gasteiger charge is -2.10. The van der Waals surface area contributed by atoms with Gasteiger partial charge in [0.05, 0.1) is 22.3 Å². The van der Waals surface area contributed by atoms with Crippen LogP contribution in [0.1, 0.15) is 29.8 Å². The van der Waals surface area contributed by atoms with E-state index in [9.17, 15) is 22.8 Å². The molecule has 2 heterocycles. The van der Waals surface area contributed by atoms with E-state index in [1.807, 2.05) is 0 Å². The lowest BCUT2D eigenvalue weighted by Crippen LogP contribution is -2.06. The summed E-state index contributed by atoms with van der Waals surface area (Å²) in [7, 11) is 0. The van der Waals surface area contributed by atoms with Gasteiger partial charge in [-0.1, -0.05) is 18.2 Å². The first kappa shape index (κ1) is 17.7. The Morgan fingerprint density at radius 2 is 1.65 bits per heavy atom. The fourth-order valence-corrected chi connectivity index (χ4v) is 2.86. The van der Waals surface area contributed by atoms with Gasteiger partial charge >= 0.3 is 12.1 Å². The summed E-state index contributed by atoms with van der Waals surface area (Å²) < 4.78 is 45.3. The van der Waals surface area contributed by atoms with Gasteiger partial charge in [-0.05, 0) is 31.2 Å². The normalized spacial score (nSPS) is 11.6. The number of pyridine rings is 1. The number of nitrogens with zero attached hydrogens (tertiary/aromatic N) is 1. The van der Waals surface area contributed by atoms with Crippen molar-refractivity contribution in [1.29, 1.82) is 0 Å². The number of aromatic nitrogens is 1. The van der Waals surface area contributed by atoms with Crippen LogP contribution in [-0.4, -0.2) is 16.2 Å². The monoisotopic (exact) mass is 361 g/mol. The number of carbonyl (C=O) groups excluding carboxylic acids is 2. The summed E-state index contributed by atoms with van der Waals surface area (Å²) in [5.74, 6) is -0.907. The van der Waals surface area contributed by atoms with E-state index < -0.39 is 17.7 Å². The number of carbonyl (C=O) groups is 2. The van der Waals surface area contributed by atoms with Crippen LogP contribution in [0.3, 0.4) is 0 Å². The molecule has 3 rings (SSSR count). The first-order valence-electron chi connectivity index (χ1n) is 7.70. The van der Waals surface area contributed by atoms with E-state index >= 15 is 0 Å². The zero-order chi connectivity index (χ0) is 19.1. The van der Waals surface area contributed by atoms with E-state index in [1.54, 1.807) is 28.8 Å². The number of halogens is 3. The second-order valence-corrected chi connectivity index (χ2v) is 5.73. The van der Waals surface area contributed by atoms with Crippen molar-refractivity contribution in [3.8, 4) is 17.0 Å². The zero-order valence-corrected chi connectivity index (χ0v) is 13.9. The number of rotatable bonds is 3.